The molecule has 0 fully saturated rings. The molecular formula is C13H20N4. The Balaban J connectivity index is 1.96. The maximum Gasteiger partial charge on any atom is 0.185 e. The van der Waals surface area contributed by atoms with Crippen molar-refractivity contribution in [2.75, 3.05) is 19.6 Å². The van der Waals surface area contributed by atoms with Gasteiger partial charge in [0.25, 0.3) is 0 Å². The minimum atomic E-state index is 0.181. The molecule has 0 saturated heterocycles. The van der Waals surface area contributed by atoms with Crippen LogP contribution in [-0.4, -0.2) is 30.5 Å². The molecule has 92 valence electrons. The molecule has 1 aliphatic heterocycles. The van der Waals surface area contributed by atoms with Gasteiger partial charge in [-0.05, 0) is 30.5 Å². The van der Waals surface area contributed by atoms with Crippen molar-refractivity contribution in [3.63, 3.8) is 0 Å². The first-order valence-electron chi connectivity index (χ1n) is 6.10. The van der Waals surface area contributed by atoms with Gasteiger partial charge in [0, 0.05) is 13.1 Å². The fourth-order valence-corrected chi connectivity index (χ4v) is 2.28. The Morgan fingerprint density at radius 3 is 2.76 bits per heavy atom. The van der Waals surface area contributed by atoms with Gasteiger partial charge < -0.3 is 11.5 Å². The standard InChI is InChI=1S/C13H20N4/c14-13(15)16-7-9-17-8-3-6-11-4-1-2-5-12(11)10-17/h1-2,4-5H,3,6-10H2,(H4,14,15,16). The molecule has 0 amide bonds. The predicted octanol–water partition coefficient (Wildman–Crippen LogP) is 0.708. The number of rotatable bonds is 3. The molecule has 4 heteroatoms. The lowest BCUT2D eigenvalue weighted by Crippen LogP contribution is -2.28. The summed E-state index contributed by atoms with van der Waals surface area (Å²) in [6, 6.07) is 8.68. The first kappa shape index (κ1) is 11.9. The van der Waals surface area contributed by atoms with Gasteiger partial charge in [0.1, 0.15) is 0 Å². The third kappa shape index (κ3) is 3.46. The van der Waals surface area contributed by atoms with Crippen molar-refractivity contribution < 1.29 is 0 Å². The zero-order valence-corrected chi connectivity index (χ0v) is 10.1. The molecule has 0 unspecified atom stereocenters. The first-order valence-corrected chi connectivity index (χ1v) is 6.10. The van der Waals surface area contributed by atoms with E-state index in [1.165, 1.54) is 24.0 Å². The van der Waals surface area contributed by atoms with Crippen LogP contribution >= 0.6 is 0 Å². The number of fused-ring (bicyclic) bond motifs is 1. The molecule has 0 spiro atoms. The number of guanidine groups is 1. The van der Waals surface area contributed by atoms with Crippen LogP contribution in [0, 0.1) is 0 Å². The summed E-state index contributed by atoms with van der Waals surface area (Å²) in [5.74, 6) is 0.181. The smallest absolute Gasteiger partial charge is 0.185 e. The van der Waals surface area contributed by atoms with Gasteiger partial charge in [-0.3, -0.25) is 9.89 Å². The first-order chi connectivity index (χ1) is 8.25. The van der Waals surface area contributed by atoms with E-state index in [0.29, 0.717) is 6.54 Å². The monoisotopic (exact) mass is 232 g/mol. The highest BCUT2D eigenvalue weighted by Gasteiger charge is 2.12. The number of nitrogens with two attached hydrogens (primary N) is 2. The highest BCUT2D eigenvalue weighted by molar-refractivity contribution is 5.75. The summed E-state index contributed by atoms with van der Waals surface area (Å²) in [5, 5.41) is 0. The number of hydrogen-bond donors (Lipinski definition) is 2. The maximum atomic E-state index is 5.32. The molecule has 0 bridgehead atoms. The van der Waals surface area contributed by atoms with Crippen molar-refractivity contribution in [3.8, 4) is 0 Å². The maximum absolute atomic E-state index is 5.32. The second-order valence-electron chi connectivity index (χ2n) is 4.45. The van der Waals surface area contributed by atoms with Gasteiger partial charge in [0.15, 0.2) is 5.96 Å². The van der Waals surface area contributed by atoms with Crippen LogP contribution in [0.25, 0.3) is 0 Å². The Kier molecular flexibility index (Phi) is 3.98. The number of hydrogen-bond acceptors (Lipinski definition) is 2. The molecule has 0 aliphatic carbocycles. The molecule has 0 radical (unpaired) electrons. The van der Waals surface area contributed by atoms with E-state index in [-0.39, 0.29) is 5.96 Å². The zero-order chi connectivity index (χ0) is 12.1. The lowest BCUT2D eigenvalue weighted by atomic mass is 10.0. The molecular weight excluding hydrogens is 212 g/mol. The largest absolute Gasteiger partial charge is 0.370 e. The Labute approximate surface area is 102 Å². The number of aliphatic imine (C=N–C) groups is 1. The second-order valence-corrected chi connectivity index (χ2v) is 4.45. The van der Waals surface area contributed by atoms with Crippen LogP contribution < -0.4 is 11.5 Å². The molecule has 17 heavy (non-hydrogen) atoms. The highest BCUT2D eigenvalue weighted by Crippen LogP contribution is 2.17. The van der Waals surface area contributed by atoms with Crippen molar-refractivity contribution in [1.82, 2.24) is 4.90 Å². The number of aryl methyl sites for hydroxylation is 1. The number of nitrogens with zero attached hydrogens (tertiary/aromatic N) is 2. The van der Waals surface area contributed by atoms with Gasteiger partial charge in [0.2, 0.25) is 0 Å². The van der Waals surface area contributed by atoms with Crippen LogP contribution in [0.1, 0.15) is 17.5 Å². The topological polar surface area (TPSA) is 67.6 Å². The molecule has 1 aromatic carbocycles. The fourth-order valence-electron chi connectivity index (χ4n) is 2.28. The van der Waals surface area contributed by atoms with E-state index in [2.05, 4.69) is 34.2 Å². The molecule has 4 nitrogen and oxygen atoms in total. The van der Waals surface area contributed by atoms with E-state index in [0.717, 1.165) is 19.6 Å². The third-order valence-corrected chi connectivity index (χ3v) is 3.14. The van der Waals surface area contributed by atoms with Crippen LogP contribution in [0.2, 0.25) is 0 Å². The van der Waals surface area contributed by atoms with E-state index in [4.69, 9.17) is 11.5 Å². The Hall–Kier alpha value is -1.55. The normalized spacial score (nSPS) is 16.0. The van der Waals surface area contributed by atoms with Crippen molar-refractivity contribution >= 4 is 5.96 Å². The van der Waals surface area contributed by atoms with Crippen molar-refractivity contribution in [2.45, 2.75) is 19.4 Å². The molecule has 2 rings (SSSR count). The minimum Gasteiger partial charge on any atom is -0.370 e. The zero-order valence-electron chi connectivity index (χ0n) is 10.1. The molecule has 1 aliphatic rings. The highest BCUT2D eigenvalue weighted by atomic mass is 15.1. The Morgan fingerprint density at radius 2 is 2.00 bits per heavy atom. The average molecular weight is 232 g/mol. The third-order valence-electron chi connectivity index (χ3n) is 3.14. The molecule has 1 heterocycles. The summed E-state index contributed by atoms with van der Waals surface area (Å²) < 4.78 is 0. The second kappa shape index (κ2) is 5.68. The van der Waals surface area contributed by atoms with Crippen molar-refractivity contribution in [2.24, 2.45) is 16.5 Å². The summed E-state index contributed by atoms with van der Waals surface area (Å²) in [6.45, 7) is 3.74. The van der Waals surface area contributed by atoms with Crippen LogP contribution in [0.5, 0.6) is 0 Å². The van der Waals surface area contributed by atoms with E-state index >= 15 is 0 Å². The van der Waals surface area contributed by atoms with E-state index in [1.807, 2.05) is 0 Å². The van der Waals surface area contributed by atoms with Gasteiger partial charge in [-0.15, -0.1) is 0 Å². The quantitative estimate of drug-likeness (QED) is 0.595. The van der Waals surface area contributed by atoms with E-state index in [1.54, 1.807) is 0 Å². The lowest BCUT2D eigenvalue weighted by Gasteiger charge is -2.19. The Morgan fingerprint density at radius 1 is 1.24 bits per heavy atom. The van der Waals surface area contributed by atoms with Gasteiger partial charge in [-0.25, -0.2) is 0 Å². The summed E-state index contributed by atoms with van der Waals surface area (Å²) in [4.78, 5) is 6.45. The van der Waals surface area contributed by atoms with Gasteiger partial charge >= 0.3 is 0 Å². The molecule has 1 aromatic rings. The number of benzene rings is 1. The van der Waals surface area contributed by atoms with Crippen molar-refractivity contribution in [1.29, 1.82) is 0 Å². The fraction of sp³-hybridized carbons (Fsp3) is 0.462. The summed E-state index contributed by atoms with van der Waals surface area (Å²) >= 11 is 0. The van der Waals surface area contributed by atoms with Gasteiger partial charge in [0.05, 0.1) is 6.54 Å². The van der Waals surface area contributed by atoms with E-state index in [9.17, 15) is 0 Å². The SMILES string of the molecule is NC(N)=NCCN1CCCc2ccccc2C1. The summed E-state index contributed by atoms with van der Waals surface area (Å²) in [7, 11) is 0. The average Bonchev–Trinajstić information content (AvgIpc) is 2.50. The molecule has 0 aromatic heterocycles. The summed E-state index contributed by atoms with van der Waals surface area (Å²) in [5.41, 5.74) is 13.6. The lowest BCUT2D eigenvalue weighted by molar-refractivity contribution is 0.277. The minimum absolute atomic E-state index is 0.181. The summed E-state index contributed by atoms with van der Waals surface area (Å²) in [6.07, 6.45) is 2.38. The van der Waals surface area contributed by atoms with E-state index < -0.39 is 0 Å². The molecule has 0 saturated carbocycles. The predicted molar refractivity (Wildman–Crippen MR) is 70.7 cm³/mol. The molecule has 0 atom stereocenters. The molecule has 4 N–H and O–H groups in total. The van der Waals surface area contributed by atoms with Crippen LogP contribution in [0.4, 0.5) is 0 Å². The van der Waals surface area contributed by atoms with Crippen LogP contribution in [0.3, 0.4) is 0 Å². The Bertz CT molecular complexity index is 396. The van der Waals surface area contributed by atoms with Crippen LogP contribution in [-0.2, 0) is 13.0 Å². The van der Waals surface area contributed by atoms with Crippen molar-refractivity contribution in [3.05, 3.63) is 35.4 Å². The van der Waals surface area contributed by atoms with Crippen LogP contribution in [0.15, 0.2) is 29.3 Å². The van der Waals surface area contributed by atoms with Gasteiger partial charge in [-0.1, -0.05) is 24.3 Å². The van der Waals surface area contributed by atoms with Gasteiger partial charge in [-0.2, -0.15) is 0 Å².